The number of hydrogen-bond donors (Lipinski definition) is 2. The number of hydrogen-bond acceptors (Lipinski definition) is 2. The first-order valence-electron chi connectivity index (χ1n) is 4.79. The predicted octanol–water partition coefficient (Wildman–Crippen LogP) is 1.56. The van der Waals surface area contributed by atoms with Crippen molar-refractivity contribution in [2.24, 2.45) is 16.5 Å². The van der Waals surface area contributed by atoms with Crippen LogP contribution in [0.4, 0.5) is 5.69 Å². The highest BCUT2D eigenvalue weighted by molar-refractivity contribution is 6.02. The minimum atomic E-state index is -0.0561. The van der Waals surface area contributed by atoms with Crippen molar-refractivity contribution in [1.82, 2.24) is 0 Å². The summed E-state index contributed by atoms with van der Waals surface area (Å²) in [5.41, 5.74) is 11.7. The van der Waals surface area contributed by atoms with Crippen LogP contribution >= 0.6 is 0 Å². The normalized spacial score (nSPS) is 10.0. The molecule has 0 saturated heterocycles. The summed E-state index contributed by atoms with van der Waals surface area (Å²) in [6.45, 7) is 0. The molecule has 2 rings (SSSR count). The zero-order chi connectivity index (χ0) is 11.5. The number of rotatable bonds is 2. The molecule has 0 radical (unpaired) electrons. The van der Waals surface area contributed by atoms with Crippen LogP contribution in [0.25, 0.3) is 10.8 Å². The maximum Gasteiger partial charge on any atom is 0.191 e. The van der Waals surface area contributed by atoms with Gasteiger partial charge in [0.2, 0.25) is 0 Å². The highest BCUT2D eigenvalue weighted by Gasteiger charge is 2.05. The van der Waals surface area contributed by atoms with Gasteiger partial charge >= 0.3 is 0 Å². The Morgan fingerprint density at radius 1 is 1.12 bits per heavy atom. The molecule has 0 saturated carbocycles. The van der Waals surface area contributed by atoms with Gasteiger partial charge in [0, 0.05) is 10.9 Å². The molecule has 0 spiro atoms. The summed E-state index contributed by atoms with van der Waals surface area (Å²) in [7, 11) is 0. The largest absolute Gasteiger partial charge is 0.370 e. The third-order valence-electron chi connectivity index (χ3n) is 2.30. The molecule has 0 amide bonds. The topological polar surface area (TPSA) is 81.5 Å². The number of aldehydes is 1. The molecule has 2 aromatic carbocycles. The summed E-state index contributed by atoms with van der Waals surface area (Å²) in [4.78, 5) is 14.9. The van der Waals surface area contributed by atoms with E-state index in [4.69, 9.17) is 11.5 Å². The first-order chi connectivity index (χ1) is 7.72. The fourth-order valence-electron chi connectivity index (χ4n) is 1.62. The van der Waals surface area contributed by atoms with Crippen LogP contribution in [0, 0.1) is 0 Å². The summed E-state index contributed by atoms with van der Waals surface area (Å²) in [6.07, 6.45) is 0.744. The van der Waals surface area contributed by atoms with Crippen LogP contribution in [-0.2, 0) is 0 Å². The second-order valence-corrected chi connectivity index (χ2v) is 3.38. The molecule has 0 aliphatic heterocycles. The standard InChI is InChI=1S/C12H11N3O/c13-12(14)15-11-9(7-16)6-5-8-3-1-2-4-10(8)11/h1-7H,(H4,13,14,15). The SMILES string of the molecule is NC(N)=Nc1c(C=O)ccc2ccccc12. The van der Waals surface area contributed by atoms with E-state index in [9.17, 15) is 4.79 Å². The lowest BCUT2D eigenvalue weighted by Gasteiger charge is -2.05. The Labute approximate surface area is 92.6 Å². The number of carbonyl (C=O) groups is 1. The Balaban J connectivity index is 2.83. The van der Waals surface area contributed by atoms with Crippen molar-refractivity contribution in [3.8, 4) is 0 Å². The van der Waals surface area contributed by atoms with Gasteiger partial charge in [-0.05, 0) is 11.5 Å². The van der Waals surface area contributed by atoms with Crippen molar-refractivity contribution in [3.05, 3.63) is 42.0 Å². The van der Waals surface area contributed by atoms with Gasteiger partial charge < -0.3 is 11.5 Å². The molecule has 0 aromatic heterocycles. The molecule has 4 heteroatoms. The van der Waals surface area contributed by atoms with Crippen LogP contribution < -0.4 is 11.5 Å². The number of guanidine groups is 1. The van der Waals surface area contributed by atoms with Gasteiger partial charge in [-0.3, -0.25) is 4.79 Å². The first-order valence-corrected chi connectivity index (χ1v) is 4.79. The Morgan fingerprint density at radius 3 is 2.56 bits per heavy atom. The highest BCUT2D eigenvalue weighted by atomic mass is 16.1. The zero-order valence-corrected chi connectivity index (χ0v) is 8.55. The lowest BCUT2D eigenvalue weighted by atomic mass is 10.0. The molecule has 0 atom stereocenters. The highest BCUT2D eigenvalue weighted by Crippen LogP contribution is 2.28. The predicted molar refractivity (Wildman–Crippen MR) is 64.8 cm³/mol. The Morgan fingerprint density at radius 2 is 1.88 bits per heavy atom. The van der Waals surface area contributed by atoms with E-state index < -0.39 is 0 Å². The molecule has 4 nitrogen and oxygen atoms in total. The van der Waals surface area contributed by atoms with Gasteiger partial charge in [-0.2, -0.15) is 0 Å². The van der Waals surface area contributed by atoms with Crippen molar-refractivity contribution < 1.29 is 4.79 Å². The lowest BCUT2D eigenvalue weighted by Crippen LogP contribution is -2.22. The van der Waals surface area contributed by atoms with Crippen LogP contribution in [0.15, 0.2) is 41.4 Å². The van der Waals surface area contributed by atoms with Crippen LogP contribution in [0.5, 0.6) is 0 Å². The van der Waals surface area contributed by atoms with Crippen molar-refractivity contribution >= 4 is 28.7 Å². The average molecular weight is 213 g/mol. The third kappa shape index (κ3) is 1.72. The monoisotopic (exact) mass is 213 g/mol. The van der Waals surface area contributed by atoms with Crippen LogP contribution in [0.1, 0.15) is 10.4 Å². The van der Waals surface area contributed by atoms with Gasteiger partial charge in [0.15, 0.2) is 12.2 Å². The van der Waals surface area contributed by atoms with E-state index in [1.54, 1.807) is 6.07 Å². The van der Waals surface area contributed by atoms with Gasteiger partial charge in [0.1, 0.15) is 0 Å². The maximum absolute atomic E-state index is 10.9. The van der Waals surface area contributed by atoms with Crippen LogP contribution in [0.3, 0.4) is 0 Å². The molecule has 0 bridgehead atoms. The Hall–Kier alpha value is -2.36. The molecule has 4 N–H and O–H groups in total. The van der Waals surface area contributed by atoms with E-state index in [2.05, 4.69) is 4.99 Å². The third-order valence-corrected chi connectivity index (χ3v) is 2.30. The van der Waals surface area contributed by atoms with E-state index in [0.717, 1.165) is 17.1 Å². The number of aliphatic imine (C=N–C) groups is 1. The van der Waals surface area contributed by atoms with Gasteiger partial charge in [0.05, 0.1) is 5.69 Å². The van der Waals surface area contributed by atoms with E-state index in [0.29, 0.717) is 11.3 Å². The van der Waals surface area contributed by atoms with Gasteiger partial charge in [-0.1, -0.05) is 30.3 Å². The van der Waals surface area contributed by atoms with Crippen molar-refractivity contribution in [3.63, 3.8) is 0 Å². The van der Waals surface area contributed by atoms with Gasteiger partial charge in [-0.25, -0.2) is 4.99 Å². The molecule has 0 unspecified atom stereocenters. The molecular formula is C12H11N3O. The summed E-state index contributed by atoms with van der Waals surface area (Å²) in [5.74, 6) is -0.0561. The minimum absolute atomic E-state index is 0.0561. The summed E-state index contributed by atoms with van der Waals surface area (Å²) < 4.78 is 0. The molecule has 0 aliphatic rings. The molecule has 80 valence electrons. The number of benzene rings is 2. The van der Waals surface area contributed by atoms with E-state index in [1.807, 2.05) is 30.3 Å². The fourth-order valence-corrected chi connectivity index (χ4v) is 1.62. The van der Waals surface area contributed by atoms with Gasteiger partial charge in [-0.15, -0.1) is 0 Å². The van der Waals surface area contributed by atoms with Crippen LogP contribution in [-0.4, -0.2) is 12.2 Å². The van der Waals surface area contributed by atoms with Crippen molar-refractivity contribution in [1.29, 1.82) is 0 Å². The first kappa shape index (κ1) is 10.2. The van der Waals surface area contributed by atoms with Crippen LogP contribution in [0.2, 0.25) is 0 Å². The summed E-state index contributed by atoms with van der Waals surface area (Å²) in [6, 6.07) is 11.2. The molecule has 16 heavy (non-hydrogen) atoms. The Kier molecular flexibility index (Phi) is 2.55. The zero-order valence-electron chi connectivity index (χ0n) is 8.55. The number of fused-ring (bicyclic) bond motifs is 1. The maximum atomic E-state index is 10.9. The fraction of sp³-hybridized carbons (Fsp3) is 0. The quantitative estimate of drug-likeness (QED) is 0.451. The second kappa shape index (κ2) is 4.02. The molecule has 0 aliphatic carbocycles. The number of carbonyl (C=O) groups excluding carboxylic acids is 1. The Bertz CT molecular complexity index is 571. The van der Waals surface area contributed by atoms with E-state index >= 15 is 0 Å². The van der Waals surface area contributed by atoms with Crippen molar-refractivity contribution in [2.45, 2.75) is 0 Å². The minimum Gasteiger partial charge on any atom is -0.370 e. The summed E-state index contributed by atoms with van der Waals surface area (Å²) in [5, 5.41) is 1.86. The second-order valence-electron chi connectivity index (χ2n) is 3.38. The smallest absolute Gasteiger partial charge is 0.191 e. The van der Waals surface area contributed by atoms with Gasteiger partial charge in [0.25, 0.3) is 0 Å². The molecular weight excluding hydrogens is 202 g/mol. The number of nitrogens with two attached hydrogens (primary N) is 2. The molecule has 2 aromatic rings. The number of nitrogens with zero attached hydrogens (tertiary/aromatic N) is 1. The average Bonchev–Trinajstić information content (AvgIpc) is 2.29. The van der Waals surface area contributed by atoms with Crippen molar-refractivity contribution in [2.75, 3.05) is 0 Å². The molecule has 0 heterocycles. The lowest BCUT2D eigenvalue weighted by molar-refractivity contribution is 0.112. The van der Waals surface area contributed by atoms with E-state index in [-0.39, 0.29) is 5.96 Å². The van der Waals surface area contributed by atoms with E-state index in [1.165, 1.54) is 0 Å². The molecule has 0 fully saturated rings. The summed E-state index contributed by atoms with van der Waals surface area (Å²) >= 11 is 0.